The molecule has 0 aromatic rings. The van der Waals surface area contributed by atoms with E-state index in [0.29, 0.717) is 12.2 Å². The maximum absolute atomic E-state index is 11.6. The minimum atomic E-state index is -0.939. The van der Waals surface area contributed by atoms with E-state index < -0.39 is 7.26 Å². The van der Waals surface area contributed by atoms with E-state index in [4.69, 9.17) is 4.74 Å². The molecule has 0 saturated heterocycles. The lowest BCUT2D eigenvalue weighted by molar-refractivity contribution is -0.138. The zero-order valence-electron chi connectivity index (χ0n) is 14.7. The van der Waals surface area contributed by atoms with Gasteiger partial charge < -0.3 is 4.74 Å². The molecular weight excluding hydrogens is 279 g/mol. The number of rotatable bonds is 13. The minimum Gasteiger partial charge on any atom is -0.458 e. The molecule has 0 aromatic heterocycles. The van der Waals surface area contributed by atoms with Gasteiger partial charge in [-0.3, -0.25) is 0 Å². The van der Waals surface area contributed by atoms with Crippen LogP contribution in [-0.4, -0.2) is 37.2 Å². The van der Waals surface area contributed by atoms with Crippen LogP contribution in [0.3, 0.4) is 0 Å². The molecule has 0 atom stereocenters. The van der Waals surface area contributed by atoms with Crippen molar-refractivity contribution in [2.24, 2.45) is 0 Å². The van der Waals surface area contributed by atoms with E-state index in [9.17, 15) is 4.79 Å². The van der Waals surface area contributed by atoms with Crippen molar-refractivity contribution in [3.05, 3.63) is 12.2 Å². The van der Waals surface area contributed by atoms with Crippen molar-refractivity contribution >= 4 is 13.2 Å². The van der Waals surface area contributed by atoms with Gasteiger partial charge in [0, 0.05) is 12.8 Å². The van der Waals surface area contributed by atoms with Crippen LogP contribution >= 0.6 is 7.26 Å². The van der Waals surface area contributed by atoms with Gasteiger partial charge in [0.05, 0.1) is 24.6 Å². The quantitative estimate of drug-likeness (QED) is 0.254. The highest BCUT2D eigenvalue weighted by molar-refractivity contribution is 7.75. The van der Waals surface area contributed by atoms with E-state index in [0.717, 1.165) is 6.16 Å². The normalized spacial score (nSPS) is 11.4. The molecule has 2 nitrogen and oxygen atoms in total. The minimum absolute atomic E-state index is 0.227. The summed E-state index contributed by atoms with van der Waals surface area (Å²) in [6, 6.07) is 0. The fraction of sp³-hybridized carbons (Fsp3) is 0.833. The van der Waals surface area contributed by atoms with E-state index in [1.807, 2.05) is 0 Å². The summed E-state index contributed by atoms with van der Waals surface area (Å²) >= 11 is 0. The Labute approximate surface area is 133 Å². The second-order valence-corrected chi connectivity index (χ2v) is 10.7. The monoisotopic (exact) mass is 315 g/mol. The van der Waals surface area contributed by atoms with Crippen LogP contribution < -0.4 is 0 Å². The first-order valence-corrected chi connectivity index (χ1v) is 11.2. The molecule has 21 heavy (non-hydrogen) atoms. The second-order valence-electron chi connectivity index (χ2n) is 6.21. The molecule has 0 unspecified atom stereocenters. The number of carbonyl (C=O) groups excluding carboxylic acids is 1. The molecule has 0 fully saturated rings. The first-order valence-electron chi connectivity index (χ1n) is 8.69. The zero-order chi connectivity index (χ0) is 16.1. The molecule has 0 amide bonds. The van der Waals surface area contributed by atoms with Crippen LogP contribution in [0.25, 0.3) is 0 Å². The van der Waals surface area contributed by atoms with Crippen molar-refractivity contribution in [1.82, 2.24) is 0 Å². The fourth-order valence-corrected chi connectivity index (χ4v) is 7.39. The van der Waals surface area contributed by atoms with Crippen LogP contribution in [0.1, 0.15) is 66.2 Å². The van der Waals surface area contributed by atoms with E-state index in [1.54, 1.807) is 6.92 Å². The Morgan fingerprint density at radius 1 is 0.905 bits per heavy atom. The van der Waals surface area contributed by atoms with E-state index in [2.05, 4.69) is 27.4 Å². The van der Waals surface area contributed by atoms with Crippen LogP contribution in [0.5, 0.6) is 0 Å². The first-order chi connectivity index (χ1) is 10.0. The highest BCUT2D eigenvalue weighted by Crippen LogP contribution is 2.60. The molecular formula is C18H36O2P+. The Balaban J connectivity index is 4.61. The number of ether oxygens (including phenoxy) is 1. The fourth-order valence-electron chi connectivity index (χ4n) is 2.61. The molecule has 3 heteroatoms. The van der Waals surface area contributed by atoms with Crippen LogP contribution in [0.15, 0.2) is 12.2 Å². The van der Waals surface area contributed by atoms with Gasteiger partial charge in [0.1, 0.15) is 6.61 Å². The maximum atomic E-state index is 11.6. The third-order valence-electron chi connectivity index (χ3n) is 4.11. The Kier molecular flexibility index (Phi) is 12.0. The SMILES string of the molecule is C=C(C)C(=O)OCC[P+](CCCC)(CCCC)CCCC. The lowest BCUT2D eigenvalue weighted by Crippen LogP contribution is -2.18. The Morgan fingerprint density at radius 2 is 1.33 bits per heavy atom. The molecule has 0 aromatic carbocycles. The number of esters is 1. The number of hydrogen-bond acceptors (Lipinski definition) is 2. The average molecular weight is 315 g/mol. The summed E-state index contributed by atoms with van der Waals surface area (Å²) in [5, 5.41) is 0. The van der Waals surface area contributed by atoms with Gasteiger partial charge in [-0.15, -0.1) is 0 Å². The van der Waals surface area contributed by atoms with E-state index in [1.165, 1.54) is 57.0 Å². The van der Waals surface area contributed by atoms with E-state index >= 15 is 0 Å². The topological polar surface area (TPSA) is 26.3 Å². The lowest BCUT2D eigenvalue weighted by atomic mass is 10.4. The number of hydrogen-bond donors (Lipinski definition) is 0. The van der Waals surface area contributed by atoms with Gasteiger partial charge in [-0.2, -0.15) is 0 Å². The van der Waals surface area contributed by atoms with Crippen LogP contribution in [0, 0.1) is 0 Å². The summed E-state index contributed by atoms with van der Waals surface area (Å²) in [5.74, 6) is -0.227. The smallest absolute Gasteiger partial charge is 0.333 e. The summed E-state index contributed by atoms with van der Waals surface area (Å²) in [5.41, 5.74) is 0.509. The summed E-state index contributed by atoms with van der Waals surface area (Å²) in [4.78, 5) is 11.6. The Bertz CT molecular complexity index is 278. The number of unbranched alkanes of at least 4 members (excludes halogenated alkanes) is 3. The van der Waals surface area contributed by atoms with Crippen molar-refractivity contribution in [2.75, 3.05) is 31.3 Å². The molecule has 0 aliphatic carbocycles. The van der Waals surface area contributed by atoms with Crippen LogP contribution in [0.4, 0.5) is 0 Å². The standard InChI is InChI=1S/C18H36O2P/c1-6-9-13-21(14-10-7-2,15-11-8-3)16-12-20-18(19)17(4)5/h4,6-16H2,1-3,5H3/q+1. The van der Waals surface area contributed by atoms with Gasteiger partial charge in [-0.1, -0.05) is 46.6 Å². The van der Waals surface area contributed by atoms with Crippen molar-refractivity contribution in [3.8, 4) is 0 Å². The highest BCUT2D eigenvalue weighted by atomic mass is 31.2. The molecule has 0 rings (SSSR count). The molecule has 0 bridgehead atoms. The summed E-state index contributed by atoms with van der Waals surface area (Å²) in [6.07, 6.45) is 13.1. The van der Waals surface area contributed by atoms with Crippen molar-refractivity contribution in [3.63, 3.8) is 0 Å². The molecule has 0 aliphatic rings. The number of carbonyl (C=O) groups is 1. The van der Waals surface area contributed by atoms with Gasteiger partial charge in [0.2, 0.25) is 0 Å². The summed E-state index contributed by atoms with van der Waals surface area (Å²) in [6.45, 7) is 12.8. The molecule has 0 saturated carbocycles. The second kappa shape index (κ2) is 12.2. The first kappa shape index (κ1) is 20.6. The third-order valence-corrected chi connectivity index (χ3v) is 9.03. The molecule has 0 heterocycles. The van der Waals surface area contributed by atoms with Crippen molar-refractivity contribution in [2.45, 2.75) is 66.2 Å². The molecule has 0 aliphatic heterocycles. The molecule has 0 N–H and O–H groups in total. The summed E-state index contributed by atoms with van der Waals surface area (Å²) < 4.78 is 5.39. The predicted molar refractivity (Wildman–Crippen MR) is 96.9 cm³/mol. The van der Waals surface area contributed by atoms with Crippen LogP contribution in [0.2, 0.25) is 0 Å². The highest BCUT2D eigenvalue weighted by Gasteiger charge is 2.35. The predicted octanol–water partition coefficient (Wildman–Crippen LogP) is 5.52. The Morgan fingerprint density at radius 3 is 1.67 bits per heavy atom. The Hall–Kier alpha value is -0.360. The molecule has 0 spiro atoms. The van der Waals surface area contributed by atoms with Gasteiger partial charge in [0.25, 0.3) is 0 Å². The average Bonchev–Trinajstić information content (AvgIpc) is 2.48. The van der Waals surface area contributed by atoms with Crippen molar-refractivity contribution < 1.29 is 9.53 Å². The summed E-state index contributed by atoms with van der Waals surface area (Å²) in [7, 11) is -0.939. The van der Waals surface area contributed by atoms with Crippen molar-refractivity contribution in [1.29, 1.82) is 0 Å². The van der Waals surface area contributed by atoms with E-state index in [-0.39, 0.29) is 5.97 Å². The molecule has 0 radical (unpaired) electrons. The van der Waals surface area contributed by atoms with Crippen LogP contribution in [-0.2, 0) is 9.53 Å². The third kappa shape index (κ3) is 9.30. The zero-order valence-corrected chi connectivity index (χ0v) is 15.6. The van der Waals surface area contributed by atoms with Gasteiger partial charge in [-0.05, 0) is 26.2 Å². The maximum Gasteiger partial charge on any atom is 0.333 e. The lowest BCUT2D eigenvalue weighted by Gasteiger charge is -2.27. The largest absolute Gasteiger partial charge is 0.458 e. The van der Waals surface area contributed by atoms with Gasteiger partial charge >= 0.3 is 5.97 Å². The van der Waals surface area contributed by atoms with Gasteiger partial charge in [0.15, 0.2) is 0 Å². The van der Waals surface area contributed by atoms with Gasteiger partial charge in [-0.25, -0.2) is 4.79 Å². The molecule has 124 valence electrons.